The van der Waals surface area contributed by atoms with Gasteiger partial charge in [-0.1, -0.05) is 23.7 Å². The zero-order valence-electron chi connectivity index (χ0n) is 17.8. The molecule has 1 aromatic rings. The Bertz CT molecular complexity index is 618. The number of amides is 2. The monoisotopic (exact) mass is 421 g/mol. The molecule has 3 rings (SSSR count). The number of halogens is 1. The number of unbranched alkanes of at least 4 members (excludes halogenated alkanes) is 1. The number of carbonyl (C=O) groups excluding carboxylic acids is 1. The van der Waals surface area contributed by atoms with Gasteiger partial charge in [0, 0.05) is 70.5 Å². The van der Waals surface area contributed by atoms with Crippen LogP contribution in [0, 0.1) is 0 Å². The fourth-order valence-corrected chi connectivity index (χ4v) is 4.15. The molecule has 2 heterocycles. The summed E-state index contributed by atoms with van der Waals surface area (Å²) in [6.07, 6.45) is 3.22. The minimum Gasteiger partial charge on any atom is -0.338 e. The predicted octanol–water partition coefficient (Wildman–Crippen LogP) is 2.58. The highest BCUT2D eigenvalue weighted by Crippen LogP contribution is 2.13. The maximum absolute atomic E-state index is 12.5. The molecule has 2 aliphatic rings. The molecule has 1 aromatic carbocycles. The lowest BCUT2D eigenvalue weighted by Gasteiger charge is -2.32. The van der Waals surface area contributed by atoms with Crippen molar-refractivity contribution in [1.82, 2.24) is 24.9 Å². The third-order valence-electron chi connectivity index (χ3n) is 5.97. The highest BCUT2D eigenvalue weighted by Gasteiger charge is 2.19. The highest BCUT2D eigenvalue weighted by molar-refractivity contribution is 6.30. The highest BCUT2D eigenvalue weighted by atomic mass is 35.5. The van der Waals surface area contributed by atoms with Gasteiger partial charge in [-0.15, -0.1) is 0 Å². The van der Waals surface area contributed by atoms with Crippen LogP contribution in [-0.4, -0.2) is 98.1 Å². The van der Waals surface area contributed by atoms with Crippen LogP contribution in [0.3, 0.4) is 0 Å². The number of rotatable bonds is 7. The van der Waals surface area contributed by atoms with E-state index < -0.39 is 0 Å². The largest absolute Gasteiger partial charge is 0.338 e. The summed E-state index contributed by atoms with van der Waals surface area (Å²) >= 11 is 5.97. The van der Waals surface area contributed by atoms with Crippen LogP contribution < -0.4 is 5.32 Å². The van der Waals surface area contributed by atoms with E-state index in [-0.39, 0.29) is 6.03 Å². The Hall–Kier alpha value is -1.34. The van der Waals surface area contributed by atoms with Gasteiger partial charge in [0.05, 0.1) is 0 Å². The van der Waals surface area contributed by atoms with Gasteiger partial charge in [-0.2, -0.15) is 0 Å². The summed E-state index contributed by atoms with van der Waals surface area (Å²) < 4.78 is 0. The second-order valence-electron chi connectivity index (χ2n) is 8.33. The van der Waals surface area contributed by atoms with Crippen LogP contribution >= 0.6 is 11.6 Å². The van der Waals surface area contributed by atoms with Crippen molar-refractivity contribution < 1.29 is 4.79 Å². The number of nitrogens with zero attached hydrogens (tertiary/aromatic N) is 4. The summed E-state index contributed by atoms with van der Waals surface area (Å²) in [5.74, 6) is 0. The molecule has 6 nitrogen and oxygen atoms in total. The second-order valence-corrected chi connectivity index (χ2v) is 8.76. The van der Waals surface area contributed by atoms with E-state index in [1.807, 2.05) is 17.0 Å². The molecule has 2 saturated heterocycles. The number of piperazine rings is 1. The van der Waals surface area contributed by atoms with E-state index in [9.17, 15) is 4.79 Å². The van der Waals surface area contributed by atoms with Gasteiger partial charge >= 0.3 is 6.03 Å². The first kappa shape index (κ1) is 22.3. The molecular formula is C22H36ClN5O. The van der Waals surface area contributed by atoms with Crippen molar-refractivity contribution in [3.8, 4) is 0 Å². The molecule has 162 valence electrons. The van der Waals surface area contributed by atoms with E-state index in [1.165, 1.54) is 31.7 Å². The number of nitrogens with one attached hydrogen (secondary N) is 1. The van der Waals surface area contributed by atoms with Gasteiger partial charge in [0.15, 0.2) is 0 Å². The van der Waals surface area contributed by atoms with Crippen molar-refractivity contribution in [1.29, 1.82) is 0 Å². The zero-order valence-corrected chi connectivity index (χ0v) is 18.5. The minimum absolute atomic E-state index is 0.0953. The SMILES string of the molecule is CN1CCN(CCCCNC(=O)N2CCCN(Cc3ccc(Cl)cc3)CC2)CC1. The van der Waals surface area contributed by atoms with E-state index in [0.29, 0.717) is 0 Å². The average molecular weight is 422 g/mol. The summed E-state index contributed by atoms with van der Waals surface area (Å²) in [4.78, 5) is 21.8. The molecule has 0 spiro atoms. The predicted molar refractivity (Wildman–Crippen MR) is 119 cm³/mol. The molecule has 2 aliphatic heterocycles. The Labute approximate surface area is 180 Å². The van der Waals surface area contributed by atoms with Gasteiger partial charge in [0.25, 0.3) is 0 Å². The van der Waals surface area contributed by atoms with Gasteiger partial charge in [-0.05, 0) is 50.6 Å². The molecule has 0 aromatic heterocycles. The Morgan fingerprint density at radius 2 is 1.66 bits per heavy atom. The maximum atomic E-state index is 12.5. The first-order valence-corrected chi connectivity index (χ1v) is 11.4. The lowest BCUT2D eigenvalue weighted by molar-refractivity contribution is 0.152. The number of hydrogen-bond acceptors (Lipinski definition) is 4. The van der Waals surface area contributed by atoms with Crippen LogP contribution in [0.2, 0.25) is 5.02 Å². The van der Waals surface area contributed by atoms with Gasteiger partial charge in [0.2, 0.25) is 0 Å². The van der Waals surface area contributed by atoms with E-state index in [1.54, 1.807) is 0 Å². The number of urea groups is 1. The summed E-state index contributed by atoms with van der Waals surface area (Å²) in [5.41, 5.74) is 1.27. The van der Waals surface area contributed by atoms with Gasteiger partial charge in [-0.25, -0.2) is 4.79 Å². The number of carbonyl (C=O) groups is 1. The lowest BCUT2D eigenvalue weighted by atomic mass is 10.2. The molecule has 7 heteroatoms. The van der Waals surface area contributed by atoms with E-state index in [4.69, 9.17) is 11.6 Å². The fourth-order valence-electron chi connectivity index (χ4n) is 4.02. The van der Waals surface area contributed by atoms with E-state index in [2.05, 4.69) is 39.2 Å². The van der Waals surface area contributed by atoms with Crippen molar-refractivity contribution in [3.05, 3.63) is 34.9 Å². The molecule has 0 unspecified atom stereocenters. The van der Waals surface area contributed by atoms with Crippen LogP contribution in [0.1, 0.15) is 24.8 Å². The molecule has 29 heavy (non-hydrogen) atoms. The Morgan fingerprint density at radius 1 is 0.931 bits per heavy atom. The van der Waals surface area contributed by atoms with Crippen molar-refractivity contribution in [2.24, 2.45) is 0 Å². The first-order valence-electron chi connectivity index (χ1n) is 11.0. The summed E-state index contributed by atoms with van der Waals surface area (Å²) in [6, 6.07) is 8.15. The van der Waals surface area contributed by atoms with Crippen LogP contribution in [0.25, 0.3) is 0 Å². The minimum atomic E-state index is 0.0953. The van der Waals surface area contributed by atoms with E-state index in [0.717, 1.165) is 70.1 Å². The topological polar surface area (TPSA) is 42.1 Å². The maximum Gasteiger partial charge on any atom is 0.317 e. The molecule has 2 amide bonds. The van der Waals surface area contributed by atoms with Crippen molar-refractivity contribution >= 4 is 17.6 Å². The number of likely N-dealkylation sites (N-methyl/N-ethyl adjacent to an activating group) is 1. The molecule has 0 atom stereocenters. The van der Waals surface area contributed by atoms with Crippen LogP contribution in [0.15, 0.2) is 24.3 Å². The molecule has 0 radical (unpaired) electrons. The van der Waals surface area contributed by atoms with Crippen molar-refractivity contribution in [2.45, 2.75) is 25.8 Å². The average Bonchev–Trinajstić information content (AvgIpc) is 2.96. The fraction of sp³-hybridized carbons (Fsp3) is 0.682. The van der Waals surface area contributed by atoms with Gasteiger partial charge < -0.3 is 20.0 Å². The van der Waals surface area contributed by atoms with Gasteiger partial charge in [-0.3, -0.25) is 4.90 Å². The zero-order chi connectivity index (χ0) is 20.5. The molecule has 0 saturated carbocycles. The molecular weight excluding hydrogens is 386 g/mol. The van der Waals surface area contributed by atoms with Gasteiger partial charge in [0.1, 0.15) is 0 Å². The molecule has 2 fully saturated rings. The van der Waals surface area contributed by atoms with Crippen LogP contribution in [0.4, 0.5) is 4.79 Å². The lowest BCUT2D eigenvalue weighted by Crippen LogP contribution is -2.45. The number of benzene rings is 1. The third-order valence-corrected chi connectivity index (χ3v) is 6.22. The summed E-state index contributed by atoms with van der Waals surface area (Å²) in [5, 5.41) is 3.90. The Balaban J connectivity index is 1.29. The van der Waals surface area contributed by atoms with Crippen molar-refractivity contribution in [3.63, 3.8) is 0 Å². The van der Waals surface area contributed by atoms with Crippen LogP contribution in [0.5, 0.6) is 0 Å². The Kier molecular flexibility index (Phi) is 9.05. The normalized spacial score (nSPS) is 19.9. The Morgan fingerprint density at radius 3 is 2.41 bits per heavy atom. The first-order chi connectivity index (χ1) is 14.1. The summed E-state index contributed by atoms with van der Waals surface area (Å²) in [6.45, 7) is 11.1. The molecule has 0 aliphatic carbocycles. The molecule has 1 N–H and O–H groups in total. The van der Waals surface area contributed by atoms with E-state index >= 15 is 0 Å². The second kappa shape index (κ2) is 11.7. The van der Waals surface area contributed by atoms with Crippen LogP contribution in [-0.2, 0) is 6.54 Å². The summed E-state index contributed by atoms with van der Waals surface area (Å²) in [7, 11) is 2.19. The standard InChI is InChI=1S/C22H36ClN5O/c1-25-13-15-26(16-14-25)10-3-2-9-24-22(29)28-12-4-11-27(17-18-28)19-20-5-7-21(23)8-6-20/h5-8H,2-4,9-19H2,1H3,(H,24,29). The third kappa shape index (κ3) is 7.78. The number of hydrogen-bond donors (Lipinski definition) is 1. The quantitative estimate of drug-likeness (QED) is 0.687. The van der Waals surface area contributed by atoms with Crippen molar-refractivity contribution in [2.75, 3.05) is 72.5 Å². The molecule has 0 bridgehead atoms. The smallest absolute Gasteiger partial charge is 0.317 e.